The van der Waals surface area contributed by atoms with Gasteiger partial charge in [-0.1, -0.05) is 0 Å². The summed E-state index contributed by atoms with van der Waals surface area (Å²) in [4.78, 5) is 0. The Kier molecular flexibility index (Phi) is 4.22. The third-order valence-electron chi connectivity index (χ3n) is 0.896. The van der Waals surface area contributed by atoms with Crippen LogP contribution in [0.25, 0.3) is 0 Å². The summed E-state index contributed by atoms with van der Waals surface area (Å²) in [6.07, 6.45) is -1.60. The van der Waals surface area contributed by atoms with Crippen LogP contribution in [-0.4, -0.2) is 19.1 Å². The van der Waals surface area contributed by atoms with Gasteiger partial charge >= 0.3 is 10.4 Å². The third-order valence-corrected chi connectivity index (χ3v) is 1.41. The van der Waals surface area contributed by atoms with Crippen molar-refractivity contribution in [3.8, 4) is 12.1 Å². The number of hydrogen-bond donors (Lipinski definition) is 1. The van der Waals surface area contributed by atoms with Crippen LogP contribution in [0, 0.1) is 22.7 Å². The molecular formula is C5H6N2O4S. The second kappa shape index (κ2) is 4.67. The summed E-state index contributed by atoms with van der Waals surface area (Å²) in [5.41, 5.74) is 0. The van der Waals surface area contributed by atoms with Gasteiger partial charge in [0.15, 0.2) is 0 Å². The van der Waals surface area contributed by atoms with E-state index < -0.39 is 16.5 Å². The summed E-state index contributed by atoms with van der Waals surface area (Å²) >= 11 is 0. The second-order valence-electron chi connectivity index (χ2n) is 1.87. The smallest absolute Gasteiger partial charge is 0.264 e. The van der Waals surface area contributed by atoms with Gasteiger partial charge in [0.1, 0.15) is 6.10 Å². The Morgan fingerprint density at radius 1 is 1.33 bits per heavy atom. The van der Waals surface area contributed by atoms with Gasteiger partial charge in [-0.05, 0) is 0 Å². The molecule has 66 valence electrons. The first kappa shape index (κ1) is 10.8. The molecule has 0 unspecified atom stereocenters. The highest BCUT2D eigenvalue weighted by molar-refractivity contribution is 7.80. The molecule has 7 heteroatoms. The zero-order valence-corrected chi connectivity index (χ0v) is 6.78. The third kappa shape index (κ3) is 5.62. The lowest BCUT2D eigenvalue weighted by molar-refractivity contribution is 0.189. The summed E-state index contributed by atoms with van der Waals surface area (Å²) in [5.74, 6) is 0. The topological polar surface area (TPSA) is 111 Å². The van der Waals surface area contributed by atoms with Crippen molar-refractivity contribution in [3.63, 3.8) is 0 Å². The molecule has 0 aliphatic rings. The predicted molar refractivity (Wildman–Crippen MR) is 36.9 cm³/mol. The quantitative estimate of drug-likeness (QED) is 0.624. The normalized spacial score (nSPS) is 10.7. The molecule has 0 aromatic heterocycles. The maximum atomic E-state index is 10.1. The Labute approximate surface area is 69.9 Å². The molecule has 0 fully saturated rings. The van der Waals surface area contributed by atoms with E-state index in [1.54, 1.807) is 12.1 Å². The van der Waals surface area contributed by atoms with Crippen LogP contribution in [-0.2, 0) is 14.6 Å². The fourth-order valence-corrected chi connectivity index (χ4v) is 0.996. The zero-order chi connectivity index (χ0) is 9.61. The minimum Gasteiger partial charge on any atom is -0.264 e. The molecule has 0 aliphatic heterocycles. The summed E-state index contributed by atoms with van der Waals surface area (Å²) < 4.78 is 32.4. The molecule has 0 atom stereocenters. The van der Waals surface area contributed by atoms with Crippen molar-refractivity contribution in [2.24, 2.45) is 0 Å². The largest absolute Gasteiger partial charge is 0.397 e. The van der Waals surface area contributed by atoms with E-state index in [-0.39, 0.29) is 12.8 Å². The summed E-state index contributed by atoms with van der Waals surface area (Å²) in [5, 5.41) is 16.3. The second-order valence-corrected chi connectivity index (χ2v) is 2.92. The molecule has 0 saturated carbocycles. The minimum absolute atomic E-state index is 0.257. The van der Waals surface area contributed by atoms with Gasteiger partial charge in [0.25, 0.3) is 0 Å². The molecular weight excluding hydrogens is 184 g/mol. The van der Waals surface area contributed by atoms with Gasteiger partial charge in [0.05, 0.1) is 25.0 Å². The molecule has 0 amide bonds. The van der Waals surface area contributed by atoms with Gasteiger partial charge in [0, 0.05) is 0 Å². The van der Waals surface area contributed by atoms with Gasteiger partial charge in [-0.2, -0.15) is 18.9 Å². The fourth-order valence-electron chi connectivity index (χ4n) is 0.516. The van der Waals surface area contributed by atoms with E-state index in [4.69, 9.17) is 15.1 Å². The van der Waals surface area contributed by atoms with Crippen molar-refractivity contribution in [1.29, 1.82) is 10.5 Å². The molecule has 0 aliphatic carbocycles. The Morgan fingerprint density at radius 2 is 1.75 bits per heavy atom. The summed E-state index contributed by atoms with van der Waals surface area (Å²) in [7, 11) is -4.57. The van der Waals surface area contributed by atoms with Crippen LogP contribution in [0.2, 0.25) is 0 Å². The van der Waals surface area contributed by atoms with E-state index in [2.05, 4.69) is 4.18 Å². The van der Waals surface area contributed by atoms with E-state index in [1.165, 1.54) is 0 Å². The number of rotatable bonds is 4. The van der Waals surface area contributed by atoms with E-state index >= 15 is 0 Å². The van der Waals surface area contributed by atoms with Gasteiger partial charge in [-0.25, -0.2) is 4.18 Å². The molecule has 12 heavy (non-hydrogen) atoms. The van der Waals surface area contributed by atoms with Gasteiger partial charge in [-0.15, -0.1) is 0 Å². The Morgan fingerprint density at radius 3 is 2.00 bits per heavy atom. The van der Waals surface area contributed by atoms with Crippen LogP contribution in [0.4, 0.5) is 0 Å². The summed E-state index contributed by atoms with van der Waals surface area (Å²) in [6.45, 7) is 0. The van der Waals surface area contributed by atoms with Crippen LogP contribution in [0.15, 0.2) is 0 Å². The molecule has 1 N–H and O–H groups in total. The Bertz CT molecular complexity index is 293. The number of hydrogen-bond acceptors (Lipinski definition) is 5. The zero-order valence-electron chi connectivity index (χ0n) is 5.97. The van der Waals surface area contributed by atoms with E-state index in [0.29, 0.717) is 0 Å². The van der Waals surface area contributed by atoms with Crippen molar-refractivity contribution in [3.05, 3.63) is 0 Å². The summed E-state index contributed by atoms with van der Waals surface area (Å²) in [6, 6.07) is 3.25. The number of nitrogens with zero attached hydrogens (tertiary/aromatic N) is 2. The first-order chi connectivity index (χ1) is 5.49. The van der Waals surface area contributed by atoms with Crippen LogP contribution < -0.4 is 0 Å². The molecule has 6 nitrogen and oxygen atoms in total. The van der Waals surface area contributed by atoms with Crippen molar-refractivity contribution < 1.29 is 17.2 Å². The van der Waals surface area contributed by atoms with E-state index in [0.717, 1.165) is 0 Å². The lowest BCUT2D eigenvalue weighted by Crippen LogP contribution is -2.16. The molecule has 0 rings (SSSR count). The maximum absolute atomic E-state index is 10.1. The van der Waals surface area contributed by atoms with Crippen LogP contribution in [0.3, 0.4) is 0 Å². The fraction of sp³-hybridized carbons (Fsp3) is 0.600. The average Bonchev–Trinajstić information content (AvgIpc) is 1.84. The van der Waals surface area contributed by atoms with Gasteiger partial charge in [-0.3, -0.25) is 4.55 Å². The van der Waals surface area contributed by atoms with E-state index in [9.17, 15) is 8.42 Å². The lowest BCUT2D eigenvalue weighted by atomic mass is 10.2. The van der Waals surface area contributed by atoms with Crippen LogP contribution in [0.1, 0.15) is 12.8 Å². The predicted octanol–water partition coefficient (Wildman–Crippen LogP) is 0.00176. The monoisotopic (exact) mass is 190 g/mol. The van der Waals surface area contributed by atoms with Crippen molar-refractivity contribution in [1.82, 2.24) is 0 Å². The average molecular weight is 190 g/mol. The van der Waals surface area contributed by atoms with Crippen LogP contribution >= 0.6 is 0 Å². The highest BCUT2D eigenvalue weighted by atomic mass is 32.3. The molecule has 0 heterocycles. The standard InChI is InChI=1S/C5H6N2O4S/c6-3-1-5(2-4-7)11-12(8,9)10/h5H,1-2H2,(H,8,9,10). The Hall–Kier alpha value is -1.15. The van der Waals surface area contributed by atoms with Gasteiger partial charge in [0.2, 0.25) is 0 Å². The Balaban J connectivity index is 4.18. The maximum Gasteiger partial charge on any atom is 0.397 e. The molecule has 0 spiro atoms. The first-order valence-corrected chi connectivity index (χ1v) is 4.25. The van der Waals surface area contributed by atoms with Crippen molar-refractivity contribution in [2.45, 2.75) is 18.9 Å². The molecule has 0 saturated heterocycles. The molecule has 0 aromatic carbocycles. The molecule has 0 aromatic rings. The first-order valence-electron chi connectivity index (χ1n) is 2.89. The van der Waals surface area contributed by atoms with Gasteiger partial charge < -0.3 is 0 Å². The van der Waals surface area contributed by atoms with E-state index in [1.807, 2.05) is 0 Å². The minimum atomic E-state index is -4.57. The molecule has 0 bridgehead atoms. The highest BCUT2D eigenvalue weighted by Crippen LogP contribution is 2.05. The number of nitriles is 2. The molecule has 0 radical (unpaired) electrons. The van der Waals surface area contributed by atoms with Crippen molar-refractivity contribution >= 4 is 10.4 Å². The van der Waals surface area contributed by atoms with Crippen molar-refractivity contribution in [2.75, 3.05) is 0 Å². The highest BCUT2D eigenvalue weighted by Gasteiger charge is 2.16. The van der Waals surface area contributed by atoms with Crippen LogP contribution in [0.5, 0.6) is 0 Å². The lowest BCUT2D eigenvalue weighted by Gasteiger charge is -2.06. The SMILES string of the molecule is N#CCC(CC#N)OS(=O)(=O)O.